The van der Waals surface area contributed by atoms with E-state index in [1.54, 1.807) is 20.8 Å². The third-order valence-electron chi connectivity index (χ3n) is 2.82. The summed E-state index contributed by atoms with van der Waals surface area (Å²) < 4.78 is 15.7. The van der Waals surface area contributed by atoms with Gasteiger partial charge < -0.3 is 18.6 Å². The number of carbonyl (C=O) groups is 4. The van der Waals surface area contributed by atoms with Crippen LogP contribution in [0.25, 0.3) is 0 Å². The van der Waals surface area contributed by atoms with Crippen molar-refractivity contribution < 1.29 is 32.5 Å². The van der Waals surface area contributed by atoms with Crippen LogP contribution in [0.2, 0.25) is 6.04 Å². The topological polar surface area (TPSA) is 108 Å². The summed E-state index contributed by atoms with van der Waals surface area (Å²) in [7, 11) is -3.86. The molecule has 0 aliphatic carbocycles. The summed E-state index contributed by atoms with van der Waals surface area (Å²) in [5.74, 6) is -2.22. The summed E-state index contributed by atoms with van der Waals surface area (Å²) in [5.41, 5.74) is 0. The standard InChI is InChI=1S/C15H25NO7Si/c1-5-12(17)16-10-9-11-24(21-13(18)6-2,22-14(19)7-3)23-15(20)8-4/h5H,1,6-11H2,2-4H3,(H,16,17). The first-order chi connectivity index (χ1) is 11.3. The summed E-state index contributed by atoms with van der Waals surface area (Å²) in [5, 5.41) is 2.55. The zero-order valence-corrected chi connectivity index (χ0v) is 15.4. The molecule has 0 bridgehead atoms. The molecule has 0 unspecified atom stereocenters. The van der Waals surface area contributed by atoms with Gasteiger partial charge in [0.2, 0.25) is 5.91 Å². The Morgan fingerprint density at radius 1 is 0.917 bits per heavy atom. The number of nitrogens with one attached hydrogen (secondary N) is 1. The highest BCUT2D eigenvalue weighted by Crippen LogP contribution is 2.20. The fourth-order valence-corrected chi connectivity index (χ4v) is 4.06. The molecule has 1 N–H and O–H groups in total. The molecule has 0 rings (SSSR count). The van der Waals surface area contributed by atoms with Crippen molar-refractivity contribution in [3.05, 3.63) is 12.7 Å². The molecule has 0 aromatic rings. The minimum Gasteiger partial charge on any atom is -0.455 e. The van der Waals surface area contributed by atoms with Gasteiger partial charge in [-0.1, -0.05) is 27.4 Å². The molecule has 0 aromatic heterocycles. The molecular weight excluding hydrogens is 334 g/mol. The van der Waals surface area contributed by atoms with E-state index in [1.807, 2.05) is 0 Å². The van der Waals surface area contributed by atoms with E-state index in [0.29, 0.717) is 6.42 Å². The fraction of sp³-hybridized carbons (Fsp3) is 0.600. The van der Waals surface area contributed by atoms with Gasteiger partial charge in [0.05, 0.1) is 6.04 Å². The van der Waals surface area contributed by atoms with E-state index >= 15 is 0 Å². The van der Waals surface area contributed by atoms with Gasteiger partial charge in [0.1, 0.15) is 0 Å². The lowest BCUT2D eigenvalue weighted by Gasteiger charge is -2.27. The monoisotopic (exact) mass is 359 g/mol. The van der Waals surface area contributed by atoms with Crippen molar-refractivity contribution in [2.24, 2.45) is 0 Å². The van der Waals surface area contributed by atoms with E-state index in [0.717, 1.165) is 6.08 Å². The summed E-state index contributed by atoms with van der Waals surface area (Å²) >= 11 is 0. The van der Waals surface area contributed by atoms with Gasteiger partial charge in [-0.3, -0.25) is 19.2 Å². The number of hydrogen-bond donors (Lipinski definition) is 1. The summed E-state index contributed by atoms with van der Waals surface area (Å²) in [4.78, 5) is 46.2. The third kappa shape index (κ3) is 8.46. The Morgan fingerprint density at radius 2 is 1.33 bits per heavy atom. The summed E-state index contributed by atoms with van der Waals surface area (Å²) in [6.07, 6.45) is 1.58. The maximum atomic E-state index is 11.7. The lowest BCUT2D eigenvalue weighted by atomic mass is 10.4. The van der Waals surface area contributed by atoms with Crippen molar-refractivity contribution in [3.63, 3.8) is 0 Å². The predicted molar refractivity (Wildman–Crippen MR) is 87.5 cm³/mol. The van der Waals surface area contributed by atoms with E-state index in [-0.39, 0.29) is 37.8 Å². The van der Waals surface area contributed by atoms with Crippen LogP contribution in [0.3, 0.4) is 0 Å². The first kappa shape index (κ1) is 21.8. The average molecular weight is 359 g/mol. The molecular formula is C15H25NO7Si. The SMILES string of the molecule is C=CC(=O)NCCC[Si](OC(=O)CC)(OC(=O)CC)OC(=O)CC. The molecule has 0 atom stereocenters. The van der Waals surface area contributed by atoms with Crippen LogP contribution >= 0.6 is 0 Å². The van der Waals surface area contributed by atoms with Crippen LogP contribution in [-0.2, 0) is 32.5 Å². The molecule has 136 valence electrons. The minimum atomic E-state index is -3.86. The zero-order chi connectivity index (χ0) is 18.6. The van der Waals surface area contributed by atoms with Crippen LogP contribution < -0.4 is 5.32 Å². The van der Waals surface area contributed by atoms with Crippen LogP contribution in [0.1, 0.15) is 46.5 Å². The van der Waals surface area contributed by atoms with Crippen LogP contribution in [0.15, 0.2) is 12.7 Å². The molecule has 1 amide bonds. The molecule has 0 spiro atoms. The largest absolute Gasteiger partial charge is 0.705 e. The number of amides is 1. The van der Waals surface area contributed by atoms with Gasteiger partial charge in [-0.25, -0.2) is 0 Å². The van der Waals surface area contributed by atoms with Crippen LogP contribution in [0.4, 0.5) is 0 Å². The lowest BCUT2D eigenvalue weighted by molar-refractivity contribution is -0.150. The van der Waals surface area contributed by atoms with E-state index in [4.69, 9.17) is 13.3 Å². The Hall–Kier alpha value is -2.16. The number of rotatable bonds is 11. The molecule has 9 heteroatoms. The van der Waals surface area contributed by atoms with E-state index < -0.39 is 26.7 Å². The molecule has 0 saturated carbocycles. The van der Waals surface area contributed by atoms with Crippen molar-refractivity contribution in [1.29, 1.82) is 0 Å². The predicted octanol–water partition coefficient (Wildman–Crippen LogP) is 1.48. The Bertz CT molecular complexity index is 433. The second-order valence-electron chi connectivity index (χ2n) is 4.76. The van der Waals surface area contributed by atoms with Crippen LogP contribution in [0, 0.1) is 0 Å². The average Bonchev–Trinajstić information content (AvgIpc) is 2.57. The van der Waals surface area contributed by atoms with E-state index in [9.17, 15) is 19.2 Å². The van der Waals surface area contributed by atoms with E-state index in [2.05, 4.69) is 11.9 Å². The molecule has 0 aliphatic heterocycles. The quantitative estimate of drug-likeness (QED) is 0.338. The number of carbonyl (C=O) groups excluding carboxylic acids is 4. The first-order valence-corrected chi connectivity index (χ1v) is 9.81. The highest BCUT2D eigenvalue weighted by Gasteiger charge is 2.52. The third-order valence-corrected chi connectivity index (χ3v) is 5.40. The second-order valence-corrected chi connectivity index (χ2v) is 7.24. The van der Waals surface area contributed by atoms with Gasteiger partial charge in [0.25, 0.3) is 17.9 Å². The lowest BCUT2D eigenvalue weighted by Crippen LogP contribution is -2.50. The molecule has 0 saturated heterocycles. The molecule has 0 aromatic carbocycles. The van der Waals surface area contributed by atoms with Crippen molar-refractivity contribution in [3.8, 4) is 0 Å². The zero-order valence-electron chi connectivity index (χ0n) is 14.4. The van der Waals surface area contributed by atoms with Crippen molar-refractivity contribution in [2.45, 2.75) is 52.5 Å². The van der Waals surface area contributed by atoms with E-state index in [1.165, 1.54) is 0 Å². The Kier molecular flexibility index (Phi) is 10.4. The van der Waals surface area contributed by atoms with Crippen molar-refractivity contribution in [1.82, 2.24) is 5.32 Å². The minimum absolute atomic E-state index is 0.0354. The van der Waals surface area contributed by atoms with Gasteiger partial charge >= 0.3 is 8.80 Å². The van der Waals surface area contributed by atoms with Gasteiger partial charge in [0, 0.05) is 25.8 Å². The van der Waals surface area contributed by atoms with Gasteiger partial charge in [-0.15, -0.1) is 0 Å². The van der Waals surface area contributed by atoms with Crippen molar-refractivity contribution in [2.75, 3.05) is 6.54 Å². The Labute approximate surface area is 142 Å². The molecule has 8 nitrogen and oxygen atoms in total. The second kappa shape index (κ2) is 11.4. The molecule has 24 heavy (non-hydrogen) atoms. The molecule has 0 heterocycles. The van der Waals surface area contributed by atoms with Crippen molar-refractivity contribution >= 4 is 32.6 Å². The molecule has 0 aliphatic rings. The maximum absolute atomic E-state index is 11.7. The molecule has 0 fully saturated rings. The fourth-order valence-electron chi connectivity index (χ4n) is 1.54. The highest BCUT2D eigenvalue weighted by molar-refractivity contribution is 6.65. The normalized spacial score (nSPS) is 10.5. The Morgan fingerprint density at radius 3 is 1.67 bits per heavy atom. The number of hydrogen-bond acceptors (Lipinski definition) is 7. The summed E-state index contributed by atoms with van der Waals surface area (Å²) in [6.45, 7) is 8.30. The van der Waals surface area contributed by atoms with Crippen LogP contribution in [-0.4, -0.2) is 39.2 Å². The van der Waals surface area contributed by atoms with Gasteiger partial charge in [-0.05, 0) is 12.5 Å². The highest BCUT2D eigenvalue weighted by atomic mass is 28.4. The maximum Gasteiger partial charge on any atom is 0.705 e. The van der Waals surface area contributed by atoms with Gasteiger partial charge in [0.15, 0.2) is 0 Å². The smallest absolute Gasteiger partial charge is 0.455 e. The van der Waals surface area contributed by atoms with Crippen LogP contribution in [0.5, 0.6) is 0 Å². The first-order valence-electron chi connectivity index (χ1n) is 7.88. The Balaban J connectivity index is 5.16. The van der Waals surface area contributed by atoms with Gasteiger partial charge in [-0.2, -0.15) is 0 Å². The summed E-state index contributed by atoms with van der Waals surface area (Å²) in [6, 6.07) is 0.0354. The molecule has 0 radical (unpaired) electrons.